The Morgan fingerprint density at radius 3 is 2.43 bits per heavy atom. The van der Waals surface area contributed by atoms with Crippen molar-refractivity contribution in [1.29, 1.82) is 0 Å². The Kier molecular flexibility index (Phi) is 3.21. The monoisotopic (exact) mass is 289 g/mol. The summed E-state index contributed by atoms with van der Waals surface area (Å²) < 4.78 is 40.2. The number of nitrogens with zero attached hydrogens (tertiary/aromatic N) is 2. The highest BCUT2D eigenvalue weighted by Gasteiger charge is 2.18. The fourth-order valence-electron chi connectivity index (χ4n) is 2.09. The molecule has 2 aromatic carbocycles. The molecule has 3 nitrogen and oxygen atoms in total. The Morgan fingerprint density at radius 2 is 1.67 bits per heavy atom. The van der Waals surface area contributed by atoms with Gasteiger partial charge >= 0.3 is 0 Å². The van der Waals surface area contributed by atoms with Crippen LogP contribution in [0.15, 0.2) is 36.4 Å². The van der Waals surface area contributed by atoms with Crippen molar-refractivity contribution in [3.8, 4) is 11.4 Å². The molecule has 21 heavy (non-hydrogen) atoms. The molecule has 0 aliphatic rings. The molecular weight excluding hydrogens is 279 g/mol. The molecule has 0 spiro atoms. The molecule has 1 aromatic heterocycles. The summed E-state index contributed by atoms with van der Waals surface area (Å²) in [5, 5.41) is 3.64. The molecule has 106 valence electrons. The maximum atomic E-state index is 13.9. The van der Waals surface area contributed by atoms with Crippen LogP contribution < -0.4 is 5.32 Å². The van der Waals surface area contributed by atoms with Crippen molar-refractivity contribution in [2.75, 3.05) is 12.4 Å². The summed E-state index contributed by atoms with van der Waals surface area (Å²) in [6.45, 7) is 0. The number of nitrogens with one attached hydrogen (secondary N) is 1. The van der Waals surface area contributed by atoms with E-state index in [1.165, 1.54) is 0 Å². The van der Waals surface area contributed by atoms with Gasteiger partial charge in [0.1, 0.15) is 5.82 Å². The van der Waals surface area contributed by atoms with Gasteiger partial charge in [0.05, 0.1) is 11.1 Å². The van der Waals surface area contributed by atoms with Gasteiger partial charge < -0.3 is 5.32 Å². The van der Waals surface area contributed by atoms with E-state index >= 15 is 0 Å². The number of fused-ring (bicyclic) bond motifs is 1. The smallest absolute Gasteiger partial charge is 0.195 e. The Morgan fingerprint density at radius 1 is 0.905 bits per heavy atom. The molecule has 1 N–H and O–H groups in total. The zero-order valence-electron chi connectivity index (χ0n) is 11.0. The summed E-state index contributed by atoms with van der Waals surface area (Å²) in [4.78, 5) is 8.38. The highest BCUT2D eigenvalue weighted by molar-refractivity contribution is 5.90. The number of halogens is 3. The topological polar surface area (TPSA) is 37.8 Å². The van der Waals surface area contributed by atoms with E-state index in [9.17, 15) is 13.2 Å². The number of rotatable bonds is 2. The molecule has 1 heterocycles. The lowest BCUT2D eigenvalue weighted by Gasteiger charge is -2.09. The van der Waals surface area contributed by atoms with Crippen LogP contribution in [0.2, 0.25) is 0 Å². The zero-order valence-corrected chi connectivity index (χ0v) is 11.0. The van der Waals surface area contributed by atoms with E-state index in [4.69, 9.17) is 0 Å². The minimum Gasteiger partial charge on any atom is -0.373 e. The first-order valence-electron chi connectivity index (χ1n) is 6.20. The van der Waals surface area contributed by atoms with Gasteiger partial charge in [0.2, 0.25) is 0 Å². The van der Waals surface area contributed by atoms with Crippen molar-refractivity contribution in [3.63, 3.8) is 0 Å². The lowest BCUT2D eigenvalue weighted by molar-refractivity contribution is 0.448. The number of aromatic nitrogens is 2. The van der Waals surface area contributed by atoms with E-state index in [0.29, 0.717) is 11.3 Å². The first-order chi connectivity index (χ1) is 10.1. The fourth-order valence-corrected chi connectivity index (χ4v) is 2.09. The Bertz CT molecular complexity index is 834. The van der Waals surface area contributed by atoms with E-state index in [1.54, 1.807) is 19.2 Å². The average Bonchev–Trinajstić information content (AvgIpc) is 2.51. The summed E-state index contributed by atoms with van der Waals surface area (Å²) in [5.41, 5.74) is 0.395. The third-order valence-electron chi connectivity index (χ3n) is 3.12. The summed E-state index contributed by atoms with van der Waals surface area (Å²) >= 11 is 0. The third kappa shape index (κ3) is 2.18. The first-order valence-corrected chi connectivity index (χ1v) is 6.20. The summed E-state index contributed by atoms with van der Waals surface area (Å²) in [5.74, 6) is -3.59. The molecule has 0 aliphatic carbocycles. The molecule has 0 saturated heterocycles. The van der Waals surface area contributed by atoms with Gasteiger partial charge in [-0.15, -0.1) is 0 Å². The SMILES string of the molecule is CNc1nc(-c2ccc(F)c(F)c2F)nc2ccccc12. The van der Waals surface area contributed by atoms with Gasteiger partial charge in [0.15, 0.2) is 23.3 Å². The van der Waals surface area contributed by atoms with E-state index < -0.39 is 17.5 Å². The van der Waals surface area contributed by atoms with E-state index in [1.807, 2.05) is 12.1 Å². The third-order valence-corrected chi connectivity index (χ3v) is 3.12. The maximum Gasteiger partial charge on any atom is 0.195 e. The molecule has 0 aliphatic heterocycles. The van der Waals surface area contributed by atoms with Crippen molar-refractivity contribution < 1.29 is 13.2 Å². The molecule has 0 fully saturated rings. The molecule has 0 radical (unpaired) electrons. The number of hydrogen-bond acceptors (Lipinski definition) is 3. The van der Waals surface area contributed by atoms with Gasteiger partial charge in [-0.1, -0.05) is 12.1 Å². The van der Waals surface area contributed by atoms with Crippen molar-refractivity contribution in [1.82, 2.24) is 9.97 Å². The van der Waals surface area contributed by atoms with Gasteiger partial charge in [-0.25, -0.2) is 23.1 Å². The lowest BCUT2D eigenvalue weighted by Crippen LogP contribution is -2.01. The fraction of sp³-hybridized carbons (Fsp3) is 0.0667. The summed E-state index contributed by atoms with van der Waals surface area (Å²) in [6, 6.07) is 9.12. The number of benzene rings is 2. The molecule has 0 atom stereocenters. The summed E-state index contributed by atoms with van der Waals surface area (Å²) in [6.07, 6.45) is 0. The highest BCUT2D eigenvalue weighted by atomic mass is 19.2. The Balaban J connectivity index is 2.28. The number of para-hydroxylation sites is 1. The molecule has 3 aromatic rings. The van der Waals surface area contributed by atoms with E-state index in [0.717, 1.165) is 17.5 Å². The first kappa shape index (κ1) is 13.4. The van der Waals surface area contributed by atoms with Crippen molar-refractivity contribution >= 4 is 16.7 Å². The molecule has 6 heteroatoms. The van der Waals surface area contributed by atoms with Crippen molar-refractivity contribution in [2.24, 2.45) is 0 Å². The van der Waals surface area contributed by atoms with Crippen LogP contribution in [0.4, 0.5) is 19.0 Å². The Hall–Kier alpha value is -2.63. The van der Waals surface area contributed by atoms with Gasteiger partial charge in [-0.3, -0.25) is 0 Å². The van der Waals surface area contributed by atoms with Crippen molar-refractivity contribution in [3.05, 3.63) is 53.8 Å². The van der Waals surface area contributed by atoms with Crippen LogP contribution in [-0.4, -0.2) is 17.0 Å². The van der Waals surface area contributed by atoms with E-state index in [2.05, 4.69) is 15.3 Å². The van der Waals surface area contributed by atoms with Crippen molar-refractivity contribution in [2.45, 2.75) is 0 Å². The number of anilines is 1. The lowest BCUT2D eigenvalue weighted by atomic mass is 10.1. The quantitative estimate of drug-likeness (QED) is 0.730. The van der Waals surface area contributed by atoms with Crippen LogP contribution in [0.5, 0.6) is 0 Å². The largest absolute Gasteiger partial charge is 0.373 e. The minimum atomic E-state index is -1.53. The average molecular weight is 289 g/mol. The second kappa shape index (κ2) is 5.05. The standard InChI is InChI=1S/C15H10F3N3/c1-19-14-8-4-2-3-5-11(8)20-15(21-14)9-6-7-10(16)13(18)12(9)17/h2-7H,1H3,(H,19,20,21). The van der Waals surface area contributed by atoms with E-state index in [-0.39, 0.29) is 11.4 Å². The normalized spacial score (nSPS) is 10.9. The van der Waals surface area contributed by atoms with Crippen LogP contribution in [0.1, 0.15) is 0 Å². The zero-order chi connectivity index (χ0) is 15.0. The van der Waals surface area contributed by atoms with Crippen LogP contribution in [0, 0.1) is 17.5 Å². The molecular formula is C15H10F3N3. The Labute approximate surface area is 118 Å². The van der Waals surface area contributed by atoms with Gasteiger partial charge in [0.25, 0.3) is 0 Å². The van der Waals surface area contributed by atoms with Gasteiger partial charge in [-0.2, -0.15) is 0 Å². The maximum absolute atomic E-state index is 13.9. The van der Waals surface area contributed by atoms with Crippen LogP contribution in [-0.2, 0) is 0 Å². The molecule has 0 unspecified atom stereocenters. The molecule has 3 rings (SSSR count). The minimum absolute atomic E-state index is 0.00514. The molecule has 0 amide bonds. The highest BCUT2D eigenvalue weighted by Crippen LogP contribution is 2.27. The van der Waals surface area contributed by atoms with Crippen LogP contribution in [0.25, 0.3) is 22.3 Å². The van der Waals surface area contributed by atoms with Crippen LogP contribution in [0.3, 0.4) is 0 Å². The molecule has 0 bridgehead atoms. The predicted octanol–water partition coefficient (Wildman–Crippen LogP) is 3.76. The van der Waals surface area contributed by atoms with Gasteiger partial charge in [0, 0.05) is 12.4 Å². The second-order valence-corrected chi connectivity index (χ2v) is 4.39. The number of hydrogen-bond donors (Lipinski definition) is 1. The summed E-state index contributed by atoms with van der Waals surface area (Å²) in [7, 11) is 1.67. The van der Waals surface area contributed by atoms with Crippen LogP contribution >= 0.6 is 0 Å². The predicted molar refractivity (Wildman–Crippen MR) is 74.4 cm³/mol. The second-order valence-electron chi connectivity index (χ2n) is 4.39. The molecule has 0 saturated carbocycles. The van der Waals surface area contributed by atoms with Gasteiger partial charge in [-0.05, 0) is 24.3 Å².